The number of carbonyl (C=O) groups is 1. The number of hydrogen-bond acceptors (Lipinski definition) is 3. The fraction of sp³-hybridized carbons (Fsp3) is 0.706. The van der Waals surface area contributed by atoms with Crippen molar-refractivity contribution in [3.05, 3.63) is 21.4 Å². The van der Waals surface area contributed by atoms with Crippen LogP contribution in [0.2, 0.25) is 0 Å². The van der Waals surface area contributed by atoms with Crippen molar-refractivity contribution in [1.29, 1.82) is 0 Å². The van der Waals surface area contributed by atoms with E-state index in [1.807, 2.05) is 12.4 Å². The Morgan fingerprint density at radius 1 is 1.33 bits per heavy atom. The molecule has 1 aromatic heterocycles. The third-order valence-electron chi connectivity index (χ3n) is 5.14. The molecule has 2 aliphatic carbocycles. The molecule has 1 saturated carbocycles. The summed E-state index contributed by atoms with van der Waals surface area (Å²) in [5.74, 6) is 0.838. The number of thiophene rings is 1. The van der Waals surface area contributed by atoms with Crippen molar-refractivity contribution in [2.45, 2.75) is 64.0 Å². The molecule has 2 aliphatic rings. The van der Waals surface area contributed by atoms with Crippen molar-refractivity contribution < 1.29 is 9.90 Å². The molecule has 0 saturated heterocycles. The van der Waals surface area contributed by atoms with E-state index in [-0.39, 0.29) is 18.1 Å². The lowest BCUT2D eigenvalue weighted by molar-refractivity contribution is 0.0267. The van der Waals surface area contributed by atoms with Crippen molar-refractivity contribution in [3.8, 4) is 0 Å². The number of nitrogens with zero attached hydrogens (tertiary/aromatic N) is 1. The fourth-order valence-electron chi connectivity index (χ4n) is 3.74. The van der Waals surface area contributed by atoms with Gasteiger partial charge in [-0.05, 0) is 43.6 Å². The topological polar surface area (TPSA) is 40.5 Å². The lowest BCUT2D eigenvalue weighted by Gasteiger charge is -2.35. The van der Waals surface area contributed by atoms with Gasteiger partial charge in [0.15, 0.2) is 0 Å². The highest BCUT2D eigenvalue weighted by Crippen LogP contribution is 2.34. The maximum atomic E-state index is 12.8. The predicted molar refractivity (Wildman–Crippen MR) is 85.9 cm³/mol. The van der Waals surface area contributed by atoms with E-state index >= 15 is 0 Å². The Morgan fingerprint density at radius 2 is 2.10 bits per heavy atom. The maximum absolute atomic E-state index is 12.8. The number of hydrogen-bond donors (Lipinski definition) is 1. The Kier molecular flexibility index (Phi) is 4.36. The Labute approximate surface area is 131 Å². The van der Waals surface area contributed by atoms with Gasteiger partial charge in [0.2, 0.25) is 0 Å². The molecule has 0 aromatic carbocycles. The van der Waals surface area contributed by atoms with Crippen LogP contribution in [-0.2, 0) is 12.8 Å². The molecule has 3 unspecified atom stereocenters. The van der Waals surface area contributed by atoms with Crippen molar-refractivity contribution in [3.63, 3.8) is 0 Å². The zero-order valence-corrected chi connectivity index (χ0v) is 13.8. The number of carbonyl (C=O) groups excluding carboxylic acids is 1. The van der Waals surface area contributed by atoms with Gasteiger partial charge >= 0.3 is 0 Å². The van der Waals surface area contributed by atoms with E-state index in [0.29, 0.717) is 0 Å². The van der Waals surface area contributed by atoms with Crippen LogP contribution in [0.4, 0.5) is 0 Å². The minimum atomic E-state index is -0.359. The summed E-state index contributed by atoms with van der Waals surface area (Å²) in [6.07, 6.45) is 6.89. The van der Waals surface area contributed by atoms with Gasteiger partial charge in [0.05, 0.1) is 17.7 Å². The molecule has 116 valence electrons. The molecule has 3 nitrogen and oxygen atoms in total. The Balaban J connectivity index is 1.79. The number of likely N-dealkylation sites (N-methyl/N-ethyl adjacent to an activating group) is 1. The monoisotopic (exact) mass is 307 g/mol. The van der Waals surface area contributed by atoms with Gasteiger partial charge in [0.25, 0.3) is 5.91 Å². The lowest BCUT2D eigenvalue weighted by atomic mass is 9.87. The van der Waals surface area contributed by atoms with Gasteiger partial charge in [0, 0.05) is 17.3 Å². The molecule has 21 heavy (non-hydrogen) atoms. The summed E-state index contributed by atoms with van der Waals surface area (Å²) < 4.78 is 0. The molecule has 0 bridgehead atoms. The molecule has 0 aliphatic heterocycles. The predicted octanol–water partition coefficient (Wildman–Crippen LogP) is 3.25. The van der Waals surface area contributed by atoms with E-state index in [2.05, 4.69) is 6.92 Å². The number of amides is 1. The molecule has 4 heteroatoms. The zero-order valence-electron chi connectivity index (χ0n) is 13.0. The summed E-state index contributed by atoms with van der Waals surface area (Å²) in [6, 6.07) is -0.00989. The Morgan fingerprint density at radius 3 is 2.86 bits per heavy atom. The van der Waals surface area contributed by atoms with Gasteiger partial charge in [0.1, 0.15) is 0 Å². The standard InChI is InChI=1S/C17H25NO2S/c1-11-7-8-12-13(10-21-16(12)9-11)17(20)18(2)14-5-3-4-6-15(14)19/h10-11,14-15,19H,3-9H2,1-2H3. The van der Waals surface area contributed by atoms with Crippen molar-refractivity contribution in [2.24, 2.45) is 5.92 Å². The van der Waals surface area contributed by atoms with Crippen LogP contribution in [0.25, 0.3) is 0 Å². The zero-order chi connectivity index (χ0) is 15.0. The van der Waals surface area contributed by atoms with E-state index in [4.69, 9.17) is 0 Å². The lowest BCUT2D eigenvalue weighted by Crippen LogP contribution is -2.46. The SMILES string of the molecule is CC1CCc2c(C(=O)N(C)C3CCCCC3O)csc2C1. The van der Waals surface area contributed by atoms with E-state index in [1.165, 1.54) is 16.9 Å². The quantitative estimate of drug-likeness (QED) is 0.911. The van der Waals surface area contributed by atoms with Crippen molar-refractivity contribution in [1.82, 2.24) is 4.90 Å². The minimum absolute atomic E-state index is 0.00989. The van der Waals surface area contributed by atoms with E-state index in [9.17, 15) is 9.90 Å². The summed E-state index contributed by atoms with van der Waals surface area (Å²) in [7, 11) is 1.86. The van der Waals surface area contributed by atoms with Gasteiger partial charge in [-0.15, -0.1) is 11.3 Å². The first-order chi connectivity index (χ1) is 10.1. The van der Waals surface area contributed by atoms with E-state index in [1.54, 1.807) is 16.2 Å². The van der Waals surface area contributed by atoms with Gasteiger partial charge in [-0.2, -0.15) is 0 Å². The number of aliphatic hydroxyl groups is 1. The molecule has 1 heterocycles. The average Bonchev–Trinajstić information content (AvgIpc) is 2.89. The molecule has 0 spiro atoms. The van der Waals surface area contributed by atoms with Crippen LogP contribution in [0.3, 0.4) is 0 Å². The van der Waals surface area contributed by atoms with Gasteiger partial charge in [-0.1, -0.05) is 19.8 Å². The summed E-state index contributed by atoms with van der Waals surface area (Å²) in [5.41, 5.74) is 2.17. The highest BCUT2D eigenvalue weighted by molar-refractivity contribution is 7.10. The summed E-state index contributed by atoms with van der Waals surface area (Å²) in [6.45, 7) is 2.29. The number of fused-ring (bicyclic) bond motifs is 1. The molecule has 3 atom stereocenters. The number of aliphatic hydroxyl groups excluding tert-OH is 1. The first-order valence-electron chi connectivity index (χ1n) is 8.12. The van der Waals surface area contributed by atoms with Crippen LogP contribution in [-0.4, -0.2) is 35.1 Å². The van der Waals surface area contributed by atoms with Crippen LogP contribution in [0, 0.1) is 5.92 Å². The number of rotatable bonds is 2. The summed E-state index contributed by atoms with van der Waals surface area (Å²) >= 11 is 1.74. The highest BCUT2D eigenvalue weighted by atomic mass is 32.1. The van der Waals surface area contributed by atoms with Crippen LogP contribution in [0.1, 0.15) is 59.8 Å². The van der Waals surface area contributed by atoms with Crippen LogP contribution in [0.15, 0.2) is 5.38 Å². The second-order valence-electron chi connectivity index (χ2n) is 6.73. The molecule has 3 rings (SSSR count). The van der Waals surface area contributed by atoms with Gasteiger partial charge < -0.3 is 10.0 Å². The molecular weight excluding hydrogens is 282 g/mol. The fourth-order valence-corrected chi connectivity index (χ4v) is 4.98. The molecule has 0 radical (unpaired) electrons. The average molecular weight is 307 g/mol. The maximum Gasteiger partial charge on any atom is 0.255 e. The summed E-state index contributed by atoms with van der Waals surface area (Å²) in [4.78, 5) is 16.0. The van der Waals surface area contributed by atoms with E-state index in [0.717, 1.165) is 50.0 Å². The molecule has 1 fully saturated rings. The first kappa shape index (κ1) is 15.0. The summed E-state index contributed by atoms with van der Waals surface area (Å²) in [5, 5.41) is 12.2. The van der Waals surface area contributed by atoms with E-state index < -0.39 is 0 Å². The third-order valence-corrected chi connectivity index (χ3v) is 6.20. The van der Waals surface area contributed by atoms with Crippen LogP contribution < -0.4 is 0 Å². The molecular formula is C17H25NO2S. The minimum Gasteiger partial charge on any atom is -0.391 e. The largest absolute Gasteiger partial charge is 0.391 e. The van der Waals surface area contributed by atoms with Crippen molar-refractivity contribution in [2.75, 3.05) is 7.05 Å². The second kappa shape index (κ2) is 6.09. The van der Waals surface area contributed by atoms with Crippen molar-refractivity contribution >= 4 is 17.2 Å². The van der Waals surface area contributed by atoms with Crippen LogP contribution >= 0.6 is 11.3 Å². The molecule has 1 aromatic rings. The third kappa shape index (κ3) is 2.88. The normalized spacial score (nSPS) is 29.0. The smallest absolute Gasteiger partial charge is 0.255 e. The highest BCUT2D eigenvalue weighted by Gasteiger charge is 2.32. The van der Waals surface area contributed by atoms with Gasteiger partial charge in [-0.25, -0.2) is 0 Å². The first-order valence-corrected chi connectivity index (χ1v) is 9.00. The Hall–Kier alpha value is -0.870. The van der Waals surface area contributed by atoms with Gasteiger partial charge in [-0.3, -0.25) is 4.79 Å². The molecule has 1 N–H and O–H groups in total. The molecule has 1 amide bonds. The van der Waals surface area contributed by atoms with Crippen LogP contribution in [0.5, 0.6) is 0 Å². The Bertz CT molecular complexity index is 525. The second-order valence-corrected chi connectivity index (χ2v) is 7.70.